The van der Waals surface area contributed by atoms with Gasteiger partial charge in [0.15, 0.2) is 0 Å². The maximum absolute atomic E-state index is 14.1. The minimum Gasteiger partial charge on any atom is -0.478 e. The first-order chi connectivity index (χ1) is 25.0. The van der Waals surface area contributed by atoms with E-state index in [1.54, 1.807) is 0 Å². The smallest absolute Gasteiger partial charge is 0.339 e. The summed E-state index contributed by atoms with van der Waals surface area (Å²) in [7, 11) is 0. The molecule has 12 heteroatoms. The Labute approximate surface area is 302 Å². The molecule has 0 fully saturated rings. The maximum Gasteiger partial charge on any atom is 0.339 e. The summed E-state index contributed by atoms with van der Waals surface area (Å²) in [5.41, 5.74) is -4.48. The van der Waals surface area contributed by atoms with Crippen LogP contribution in [0.4, 0.5) is 0 Å². The molecule has 0 aliphatic rings. The molecule has 278 valence electrons. The third kappa shape index (κ3) is 10.5. The molecule has 0 aliphatic carbocycles. The Kier molecular flexibility index (Phi) is 16.0. The number of ether oxygens (including phenoxy) is 2. The van der Waals surface area contributed by atoms with Gasteiger partial charge < -0.3 is 29.9 Å². The van der Waals surface area contributed by atoms with Crippen LogP contribution in [0.5, 0.6) is 0 Å². The normalized spacial score (nSPS) is 10.8. The van der Waals surface area contributed by atoms with E-state index in [4.69, 9.17) is 9.47 Å². The van der Waals surface area contributed by atoms with Crippen molar-refractivity contribution in [1.82, 2.24) is 0 Å². The molecule has 0 unspecified atom stereocenters. The largest absolute Gasteiger partial charge is 0.478 e. The lowest BCUT2D eigenvalue weighted by Gasteiger charge is -2.21. The molecule has 0 atom stereocenters. The topological polar surface area (TPSA) is 202 Å². The van der Waals surface area contributed by atoms with Gasteiger partial charge in [-0.3, -0.25) is 0 Å². The number of carbonyl (C=O) groups excluding carboxylic acids is 2. The molecule has 0 amide bonds. The number of carboxylic acid groups (broad SMARTS) is 4. The Morgan fingerprint density at radius 3 is 1.37 bits per heavy atom. The average molecular weight is 719 g/mol. The third-order valence-electron chi connectivity index (χ3n) is 8.67. The monoisotopic (exact) mass is 718 g/mol. The molecular formula is C40H46O12. The van der Waals surface area contributed by atoms with Crippen molar-refractivity contribution in [2.24, 2.45) is 0 Å². The number of benzene rings is 3. The standard InChI is InChI=1S/C40H46O12/c1-3-5-7-9-11-13-23-51-39(49)30-22-21-26(25-17-15-19-28(35(41)42)32(25)37(45)46)31(27-18-16-20-29(36(43)44)33(27)38(47)48)34(30)40(50)52-24-14-12-10-8-6-4-2/h15-22H,3-14,23-24H2,1-2H3,(H,41,42)(H,43,44)(H,45,46)(H,47,48). The summed E-state index contributed by atoms with van der Waals surface area (Å²) in [6.07, 6.45) is 10.7. The van der Waals surface area contributed by atoms with Crippen LogP contribution in [0.1, 0.15) is 153 Å². The average Bonchev–Trinajstić information content (AvgIpc) is 3.12. The number of hydrogen-bond acceptors (Lipinski definition) is 8. The van der Waals surface area contributed by atoms with Gasteiger partial charge in [-0.1, -0.05) is 108 Å². The molecule has 0 radical (unpaired) electrons. The van der Waals surface area contributed by atoms with Crippen LogP contribution in [0, 0.1) is 0 Å². The van der Waals surface area contributed by atoms with Gasteiger partial charge >= 0.3 is 35.8 Å². The van der Waals surface area contributed by atoms with Crippen molar-refractivity contribution < 1.29 is 58.7 Å². The number of esters is 2. The molecule has 0 heterocycles. The fourth-order valence-electron chi connectivity index (χ4n) is 6.09. The number of aromatic carboxylic acids is 4. The minimum absolute atomic E-state index is 0.0208. The molecule has 3 rings (SSSR count). The molecule has 0 saturated heterocycles. The van der Waals surface area contributed by atoms with E-state index in [0.29, 0.717) is 12.8 Å². The van der Waals surface area contributed by atoms with Crippen molar-refractivity contribution in [1.29, 1.82) is 0 Å². The Balaban J connectivity index is 2.33. The summed E-state index contributed by atoms with van der Waals surface area (Å²) in [6, 6.07) is 9.63. The first-order valence-corrected chi connectivity index (χ1v) is 17.7. The third-order valence-corrected chi connectivity index (χ3v) is 8.67. The molecule has 0 bridgehead atoms. The number of hydrogen-bond donors (Lipinski definition) is 4. The van der Waals surface area contributed by atoms with Gasteiger partial charge in [0.05, 0.1) is 46.6 Å². The molecule has 52 heavy (non-hydrogen) atoms. The quantitative estimate of drug-likeness (QED) is 0.0568. The van der Waals surface area contributed by atoms with E-state index in [1.165, 1.54) is 36.4 Å². The van der Waals surface area contributed by atoms with Gasteiger partial charge in [-0.25, -0.2) is 28.8 Å². The first-order valence-electron chi connectivity index (χ1n) is 17.7. The summed E-state index contributed by atoms with van der Waals surface area (Å²) < 4.78 is 11.2. The zero-order valence-electron chi connectivity index (χ0n) is 29.6. The molecule has 0 spiro atoms. The van der Waals surface area contributed by atoms with Gasteiger partial charge in [-0.2, -0.15) is 0 Å². The lowest BCUT2D eigenvalue weighted by atomic mass is 9.82. The predicted octanol–water partition coefficient (Wildman–Crippen LogP) is 8.85. The van der Waals surface area contributed by atoms with Gasteiger partial charge in [0.2, 0.25) is 0 Å². The molecular weight excluding hydrogens is 672 g/mol. The molecule has 0 saturated carbocycles. The van der Waals surface area contributed by atoms with E-state index in [1.807, 2.05) is 0 Å². The summed E-state index contributed by atoms with van der Waals surface area (Å²) in [5, 5.41) is 40.3. The molecule has 3 aromatic carbocycles. The molecule has 0 aromatic heterocycles. The number of rotatable bonds is 22. The second-order valence-electron chi connectivity index (χ2n) is 12.4. The Bertz CT molecular complexity index is 1770. The zero-order valence-corrected chi connectivity index (χ0v) is 29.6. The predicted molar refractivity (Wildman–Crippen MR) is 192 cm³/mol. The van der Waals surface area contributed by atoms with Crippen LogP contribution in [0.2, 0.25) is 0 Å². The number of carboxylic acids is 4. The van der Waals surface area contributed by atoms with Crippen LogP contribution in [0.25, 0.3) is 22.3 Å². The molecule has 3 aromatic rings. The van der Waals surface area contributed by atoms with Crippen LogP contribution in [-0.2, 0) is 9.47 Å². The highest BCUT2D eigenvalue weighted by atomic mass is 16.5. The van der Waals surface area contributed by atoms with E-state index in [9.17, 15) is 49.2 Å². The Morgan fingerprint density at radius 1 is 0.442 bits per heavy atom. The van der Waals surface area contributed by atoms with Crippen molar-refractivity contribution >= 4 is 35.8 Å². The summed E-state index contributed by atoms with van der Waals surface area (Å²) in [6.45, 7) is 4.15. The van der Waals surface area contributed by atoms with E-state index in [0.717, 1.165) is 76.3 Å². The van der Waals surface area contributed by atoms with Gasteiger partial charge in [-0.05, 0) is 47.7 Å². The van der Waals surface area contributed by atoms with Crippen LogP contribution in [0.3, 0.4) is 0 Å². The van der Waals surface area contributed by atoms with E-state index in [-0.39, 0.29) is 41.0 Å². The van der Waals surface area contributed by atoms with Crippen LogP contribution in [-0.4, -0.2) is 69.5 Å². The van der Waals surface area contributed by atoms with Gasteiger partial charge in [0.1, 0.15) is 0 Å². The molecule has 12 nitrogen and oxygen atoms in total. The number of carbonyl (C=O) groups is 6. The Morgan fingerprint density at radius 2 is 0.885 bits per heavy atom. The fraction of sp³-hybridized carbons (Fsp3) is 0.400. The lowest BCUT2D eigenvalue weighted by Crippen LogP contribution is -2.19. The van der Waals surface area contributed by atoms with Gasteiger partial charge in [0, 0.05) is 5.56 Å². The van der Waals surface area contributed by atoms with Gasteiger partial charge in [0.25, 0.3) is 0 Å². The highest BCUT2D eigenvalue weighted by Crippen LogP contribution is 2.42. The van der Waals surface area contributed by atoms with Crippen LogP contribution in [0.15, 0.2) is 48.5 Å². The Hall–Kier alpha value is -5.52. The summed E-state index contributed by atoms with van der Waals surface area (Å²) in [5.74, 6) is -8.46. The highest BCUT2D eigenvalue weighted by molar-refractivity contribution is 6.16. The molecule has 4 N–H and O–H groups in total. The van der Waals surface area contributed by atoms with Crippen molar-refractivity contribution in [3.8, 4) is 22.3 Å². The summed E-state index contributed by atoms with van der Waals surface area (Å²) >= 11 is 0. The highest BCUT2D eigenvalue weighted by Gasteiger charge is 2.33. The van der Waals surface area contributed by atoms with E-state index in [2.05, 4.69) is 13.8 Å². The maximum atomic E-state index is 14.1. The SMILES string of the molecule is CCCCCCCCOC(=O)c1ccc(-c2cccc(C(=O)O)c2C(=O)O)c(-c2cccc(C(=O)O)c2C(=O)O)c1C(=O)OCCCCCCCC. The molecule has 0 aliphatic heterocycles. The van der Waals surface area contributed by atoms with Crippen LogP contribution < -0.4 is 0 Å². The van der Waals surface area contributed by atoms with Crippen LogP contribution >= 0.6 is 0 Å². The fourth-order valence-corrected chi connectivity index (χ4v) is 6.09. The lowest BCUT2D eigenvalue weighted by molar-refractivity contribution is 0.0451. The van der Waals surface area contributed by atoms with E-state index >= 15 is 0 Å². The van der Waals surface area contributed by atoms with Crippen molar-refractivity contribution in [2.75, 3.05) is 13.2 Å². The van der Waals surface area contributed by atoms with Crippen molar-refractivity contribution in [3.05, 3.63) is 81.9 Å². The number of unbranched alkanes of at least 4 members (excludes halogenated alkanes) is 10. The first kappa shape index (κ1) is 40.9. The van der Waals surface area contributed by atoms with Gasteiger partial charge in [-0.15, -0.1) is 0 Å². The minimum atomic E-state index is -1.68. The second kappa shape index (κ2) is 20.4. The van der Waals surface area contributed by atoms with Crippen molar-refractivity contribution in [2.45, 2.75) is 90.9 Å². The second-order valence-corrected chi connectivity index (χ2v) is 12.4. The van der Waals surface area contributed by atoms with Crippen molar-refractivity contribution in [3.63, 3.8) is 0 Å². The van der Waals surface area contributed by atoms with E-state index < -0.39 is 63.6 Å². The summed E-state index contributed by atoms with van der Waals surface area (Å²) in [4.78, 5) is 77.6. The zero-order chi connectivity index (χ0) is 38.2.